The lowest BCUT2D eigenvalue weighted by Gasteiger charge is -2.25. The molecule has 0 aromatic carbocycles. The van der Waals surface area contributed by atoms with Crippen LogP contribution in [0.3, 0.4) is 0 Å². The first kappa shape index (κ1) is 10.3. The SMILES string of the molecule is O=C([C@@H]1CCCS1)N1CCC[C@H]1CF. The van der Waals surface area contributed by atoms with E-state index in [0.29, 0.717) is 0 Å². The van der Waals surface area contributed by atoms with Crippen molar-refractivity contribution in [1.29, 1.82) is 0 Å². The molecule has 0 aromatic rings. The summed E-state index contributed by atoms with van der Waals surface area (Å²) in [5.41, 5.74) is 0. The van der Waals surface area contributed by atoms with Gasteiger partial charge in [0, 0.05) is 6.54 Å². The highest BCUT2D eigenvalue weighted by Gasteiger charge is 2.34. The van der Waals surface area contributed by atoms with Gasteiger partial charge in [0.15, 0.2) is 0 Å². The second-order valence-corrected chi connectivity index (χ2v) is 5.29. The Morgan fingerprint density at radius 2 is 2.29 bits per heavy atom. The number of thioether (sulfide) groups is 1. The molecule has 2 atom stereocenters. The molecule has 2 rings (SSSR count). The fraction of sp³-hybridized carbons (Fsp3) is 0.900. The largest absolute Gasteiger partial charge is 0.336 e. The Hall–Kier alpha value is -0.250. The van der Waals surface area contributed by atoms with Gasteiger partial charge in [-0.25, -0.2) is 4.39 Å². The number of rotatable bonds is 2. The molecule has 2 heterocycles. The molecule has 2 saturated heterocycles. The fourth-order valence-electron chi connectivity index (χ4n) is 2.24. The second kappa shape index (κ2) is 4.51. The molecular formula is C10H16FNOS. The van der Waals surface area contributed by atoms with Crippen LogP contribution in [0.2, 0.25) is 0 Å². The summed E-state index contributed by atoms with van der Waals surface area (Å²) in [6, 6.07) is -0.122. The van der Waals surface area contributed by atoms with Gasteiger partial charge in [0.25, 0.3) is 0 Å². The predicted octanol–water partition coefficient (Wildman–Crippen LogP) is 1.84. The number of nitrogens with zero attached hydrogens (tertiary/aromatic N) is 1. The highest BCUT2D eigenvalue weighted by Crippen LogP contribution is 2.30. The molecule has 0 saturated carbocycles. The summed E-state index contributed by atoms with van der Waals surface area (Å²) in [6.07, 6.45) is 3.94. The number of halogens is 1. The van der Waals surface area contributed by atoms with Crippen LogP contribution in [0.25, 0.3) is 0 Å². The fourth-order valence-corrected chi connectivity index (χ4v) is 3.47. The van der Waals surface area contributed by atoms with E-state index in [0.717, 1.165) is 38.0 Å². The Morgan fingerprint density at radius 1 is 1.43 bits per heavy atom. The molecule has 0 aliphatic carbocycles. The Morgan fingerprint density at radius 3 is 2.93 bits per heavy atom. The van der Waals surface area contributed by atoms with E-state index in [1.54, 1.807) is 16.7 Å². The maximum atomic E-state index is 12.6. The summed E-state index contributed by atoms with van der Waals surface area (Å²) in [5, 5.41) is 0.127. The van der Waals surface area contributed by atoms with Crippen molar-refractivity contribution in [3.8, 4) is 0 Å². The quantitative estimate of drug-likeness (QED) is 0.703. The van der Waals surface area contributed by atoms with Gasteiger partial charge < -0.3 is 4.90 Å². The molecule has 0 bridgehead atoms. The Bertz CT molecular complexity index is 218. The van der Waals surface area contributed by atoms with Crippen molar-refractivity contribution in [1.82, 2.24) is 4.90 Å². The molecule has 0 spiro atoms. The van der Waals surface area contributed by atoms with Crippen molar-refractivity contribution in [2.75, 3.05) is 19.0 Å². The van der Waals surface area contributed by atoms with Gasteiger partial charge in [-0.15, -0.1) is 11.8 Å². The predicted molar refractivity (Wildman–Crippen MR) is 56.2 cm³/mol. The molecule has 0 unspecified atom stereocenters. The number of alkyl halides is 1. The van der Waals surface area contributed by atoms with Gasteiger partial charge >= 0.3 is 0 Å². The van der Waals surface area contributed by atoms with Crippen molar-refractivity contribution in [2.45, 2.75) is 37.0 Å². The summed E-state index contributed by atoms with van der Waals surface area (Å²) in [7, 11) is 0. The van der Waals surface area contributed by atoms with E-state index in [9.17, 15) is 9.18 Å². The zero-order chi connectivity index (χ0) is 9.97. The number of carbonyl (C=O) groups is 1. The van der Waals surface area contributed by atoms with Crippen LogP contribution in [-0.2, 0) is 4.79 Å². The number of hydrogen-bond donors (Lipinski definition) is 0. The van der Waals surface area contributed by atoms with E-state index in [1.165, 1.54) is 0 Å². The highest BCUT2D eigenvalue weighted by atomic mass is 32.2. The topological polar surface area (TPSA) is 20.3 Å². The molecule has 1 amide bonds. The molecule has 0 aromatic heterocycles. The molecule has 2 fully saturated rings. The molecule has 2 aliphatic heterocycles. The van der Waals surface area contributed by atoms with Crippen LogP contribution in [0.4, 0.5) is 4.39 Å². The average molecular weight is 217 g/mol. The van der Waals surface area contributed by atoms with Gasteiger partial charge in [0.1, 0.15) is 6.67 Å². The first-order valence-electron chi connectivity index (χ1n) is 5.31. The van der Waals surface area contributed by atoms with Crippen LogP contribution < -0.4 is 0 Å². The Balaban J connectivity index is 1.95. The molecule has 4 heteroatoms. The van der Waals surface area contributed by atoms with Gasteiger partial charge in [0.05, 0.1) is 11.3 Å². The Kier molecular flexibility index (Phi) is 3.31. The van der Waals surface area contributed by atoms with E-state index in [2.05, 4.69) is 0 Å². The lowest BCUT2D eigenvalue weighted by molar-refractivity contribution is -0.131. The molecule has 80 valence electrons. The van der Waals surface area contributed by atoms with Gasteiger partial charge in [-0.1, -0.05) is 0 Å². The van der Waals surface area contributed by atoms with Crippen LogP contribution >= 0.6 is 11.8 Å². The lowest BCUT2D eigenvalue weighted by atomic mass is 10.2. The molecule has 2 nitrogen and oxygen atoms in total. The van der Waals surface area contributed by atoms with Crippen molar-refractivity contribution in [3.63, 3.8) is 0 Å². The zero-order valence-electron chi connectivity index (χ0n) is 8.25. The zero-order valence-corrected chi connectivity index (χ0v) is 9.06. The van der Waals surface area contributed by atoms with Crippen LogP contribution in [0.1, 0.15) is 25.7 Å². The number of carbonyl (C=O) groups excluding carboxylic acids is 1. The average Bonchev–Trinajstić information content (AvgIpc) is 2.87. The minimum Gasteiger partial charge on any atom is -0.336 e. The van der Waals surface area contributed by atoms with Crippen molar-refractivity contribution in [2.24, 2.45) is 0 Å². The number of likely N-dealkylation sites (tertiary alicyclic amines) is 1. The number of hydrogen-bond acceptors (Lipinski definition) is 2. The van der Waals surface area contributed by atoms with Crippen LogP contribution in [-0.4, -0.2) is 41.1 Å². The monoisotopic (exact) mass is 217 g/mol. The third-order valence-corrected chi connectivity index (χ3v) is 4.41. The van der Waals surface area contributed by atoms with Gasteiger partial charge in [-0.3, -0.25) is 4.79 Å². The van der Waals surface area contributed by atoms with E-state index in [-0.39, 0.29) is 23.9 Å². The van der Waals surface area contributed by atoms with E-state index in [1.807, 2.05) is 0 Å². The molecular weight excluding hydrogens is 201 g/mol. The molecule has 0 radical (unpaired) electrons. The third-order valence-electron chi connectivity index (χ3n) is 3.04. The summed E-state index contributed by atoms with van der Waals surface area (Å²) in [5.74, 6) is 1.28. The first-order chi connectivity index (χ1) is 6.83. The second-order valence-electron chi connectivity index (χ2n) is 3.98. The summed E-state index contributed by atoms with van der Waals surface area (Å²) in [6.45, 7) is 0.396. The summed E-state index contributed by atoms with van der Waals surface area (Å²) >= 11 is 1.74. The van der Waals surface area contributed by atoms with Crippen LogP contribution in [0, 0.1) is 0 Å². The Labute approximate surface area is 88.2 Å². The molecule has 0 N–H and O–H groups in total. The van der Waals surface area contributed by atoms with Gasteiger partial charge in [-0.05, 0) is 31.4 Å². The van der Waals surface area contributed by atoms with E-state index < -0.39 is 0 Å². The van der Waals surface area contributed by atoms with Crippen molar-refractivity contribution in [3.05, 3.63) is 0 Å². The normalized spacial score (nSPS) is 32.5. The standard InChI is InChI=1S/C10H16FNOS/c11-7-8-3-1-5-12(8)10(13)9-4-2-6-14-9/h8-9H,1-7H2/t8-,9-/m0/s1. The first-order valence-corrected chi connectivity index (χ1v) is 6.36. The molecule has 14 heavy (non-hydrogen) atoms. The van der Waals surface area contributed by atoms with Crippen LogP contribution in [0.5, 0.6) is 0 Å². The lowest BCUT2D eigenvalue weighted by Crippen LogP contribution is -2.41. The summed E-state index contributed by atoms with van der Waals surface area (Å²) < 4.78 is 12.6. The van der Waals surface area contributed by atoms with Crippen molar-refractivity contribution < 1.29 is 9.18 Å². The smallest absolute Gasteiger partial charge is 0.236 e. The summed E-state index contributed by atoms with van der Waals surface area (Å²) in [4.78, 5) is 13.7. The maximum Gasteiger partial charge on any atom is 0.236 e. The van der Waals surface area contributed by atoms with Crippen LogP contribution in [0.15, 0.2) is 0 Å². The van der Waals surface area contributed by atoms with E-state index >= 15 is 0 Å². The highest BCUT2D eigenvalue weighted by molar-refractivity contribution is 8.00. The van der Waals surface area contributed by atoms with Gasteiger partial charge in [-0.2, -0.15) is 0 Å². The van der Waals surface area contributed by atoms with E-state index in [4.69, 9.17) is 0 Å². The van der Waals surface area contributed by atoms with Crippen molar-refractivity contribution >= 4 is 17.7 Å². The minimum absolute atomic E-state index is 0.122. The van der Waals surface area contributed by atoms with Gasteiger partial charge in [0.2, 0.25) is 5.91 Å². The maximum absolute atomic E-state index is 12.6. The minimum atomic E-state index is -0.372. The third kappa shape index (κ3) is 1.90. The number of amides is 1. The molecule has 2 aliphatic rings.